The fourth-order valence-corrected chi connectivity index (χ4v) is 3.24. The van der Waals surface area contributed by atoms with Gasteiger partial charge in [-0.2, -0.15) is 5.26 Å². The monoisotopic (exact) mass is 424 g/mol. The van der Waals surface area contributed by atoms with Gasteiger partial charge in [-0.25, -0.2) is 9.59 Å². The molecule has 3 rings (SSSR count). The van der Waals surface area contributed by atoms with Crippen LogP contribution in [0, 0.1) is 11.3 Å². The van der Waals surface area contributed by atoms with Crippen LogP contribution in [0.5, 0.6) is 5.75 Å². The van der Waals surface area contributed by atoms with Crippen molar-refractivity contribution in [2.45, 2.75) is 26.4 Å². The zero-order chi connectivity index (χ0) is 22.5. The summed E-state index contributed by atoms with van der Waals surface area (Å²) < 4.78 is 21.6. The van der Waals surface area contributed by atoms with Crippen LogP contribution in [-0.2, 0) is 20.9 Å². The van der Waals surface area contributed by atoms with Gasteiger partial charge in [0.05, 0.1) is 18.1 Å². The predicted octanol–water partition coefficient (Wildman–Crippen LogP) is 3.20. The summed E-state index contributed by atoms with van der Waals surface area (Å²) in [7, 11) is 0. The Morgan fingerprint density at radius 3 is 2.65 bits per heavy atom. The molecule has 2 aromatic rings. The molecule has 0 radical (unpaired) electrons. The minimum atomic E-state index is -1.19. The fraction of sp³-hybridized carbons (Fsp3) is 0.227. The van der Waals surface area contributed by atoms with Crippen molar-refractivity contribution in [3.63, 3.8) is 0 Å². The van der Waals surface area contributed by atoms with E-state index in [9.17, 15) is 14.9 Å². The van der Waals surface area contributed by atoms with Crippen LogP contribution >= 0.6 is 0 Å². The molecule has 31 heavy (non-hydrogen) atoms. The molecule has 9 nitrogen and oxygen atoms in total. The molecule has 0 aliphatic carbocycles. The van der Waals surface area contributed by atoms with Gasteiger partial charge in [-0.1, -0.05) is 18.2 Å². The van der Waals surface area contributed by atoms with Gasteiger partial charge < -0.3 is 29.5 Å². The van der Waals surface area contributed by atoms with Gasteiger partial charge in [-0.05, 0) is 32.0 Å². The largest absolute Gasteiger partial charge is 0.485 e. The van der Waals surface area contributed by atoms with E-state index in [-0.39, 0.29) is 41.8 Å². The third kappa shape index (κ3) is 4.38. The summed E-state index contributed by atoms with van der Waals surface area (Å²) >= 11 is 0. The van der Waals surface area contributed by atoms with Gasteiger partial charge in [0.15, 0.2) is 0 Å². The lowest BCUT2D eigenvalue weighted by molar-refractivity contribution is -0.139. The molecule has 1 aromatic heterocycles. The van der Waals surface area contributed by atoms with E-state index < -0.39 is 17.9 Å². The van der Waals surface area contributed by atoms with Crippen LogP contribution in [-0.4, -0.2) is 23.7 Å². The first-order valence-corrected chi connectivity index (χ1v) is 9.36. The SMILES string of the molecule is CCOC(=O)C1=C(C)OC(N)=C(C#N)C1c1ccccc1OCc1ccc(C(=O)O)o1. The second kappa shape index (κ2) is 9.09. The summed E-state index contributed by atoms with van der Waals surface area (Å²) in [6.45, 7) is 3.33. The van der Waals surface area contributed by atoms with E-state index in [1.807, 2.05) is 6.07 Å². The minimum absolute atomic E-state index is 0.0517. The number of hydrogen-bond acceptors (Lipinski definition) is 8. The molecular weight excluding hydrogens is 404 g/mol. The number of carbonyl (C=O) groups excluding carboxylic acids is 1. The second-order valence-electron chi connectivity index (χ2n) is 6.51. The molecule has 9 heteroatoms. The van der Waals surface area contributed by atoms with E-state index in [1.54, 1.807) is 38.1 Å². The van der Waals surface area contributed by atoms with Crippen molar-refractivity contribution in [2.24, 2.45) is 5.73 Å². The van der Waals surface area contributed by atoms with Gasteiger partial charge in [0.25, 0.3) is 0 Å². The van der Waals surface area contributed by atoms with Crippen LogP contribution < -0.4 is 10.5 Å². The number of benzene rings is 1. The molecule has 160 valence electrons. The van der Waals surface area contributed by atoms with Crippen molar-refractivity contribution in [3.8, 4) is 11.8 Å². The Labute approximate surface area is 177 Å². The third-order valence-corrected chi connectivity index (χ3v) is 4.57. The Morgan fingerprint density at radius 2 is 2.00 bits per heavy atom. The smallest absolute Gasteiger partial charge is 0.371 e. The molecule has 1 aromatic carbocycles. The van der Waals surface area contributed by atoms with E-state index >= 15 is 0 Å². The van der Waals surface area contributed by atoms with Gasteiger partial charge in [0.2, 0.25) is 11.6 Å². The molecule has 0 saturated carbocycles. The molecule has 1 atom stereocenters. The Bertz CT molecular complexity index is 1120. The predicted molar refractivity (Wildman–Crippen MR) is 106 cm³/mol. The Kier molecular flexibility index (Phi) is 6.31. The molecule has 0 fully saturated rings. The quantitative estimate of drug-likeness (QED) is 0.640. The summed E-state index contributed by atoms with van der Waals surface area (Å²) in [5.74, 6) is -2.10. The number of nitriles is 1. The van der Waals surface area contributed by atoms with Crippen LogP contribution in [0.3, 0.4) is 0 Å². The highest BCUT2D eigenvalue weighted by Gasteiger charge is 2.37. The van der Waals surface area contributed by atoms with Crippen molar-refractivity contribution < 1.29 is 33.3 Å². The molecule has 1 aliphatic heterocycles. The van der Waals surface area contributed by atoms with Crippen LogP contribution in [0.1, 0.15) is 41.6 Å². The van der Waals surface area contributed by atoms with Crippen LogP contribution in [0.4, 0.5) is 0 Å². The second-order valence-corrected chi connectivity index (χ2v) is 6.51. The molecule has 0 spiro atoms. The zero-order valence-electron chi connectivity index (χ0n) is 16.9. The number of nitrogens with two attached hydrogens (primary N) is 1. The molecule has 1 aliphatic rings. The minimum Gasteiger partial charge on any atom is -0.485 e. The number of para-hydroxylation sites is 1. The third-order valence-electron chi connectivity index (χ3n) is 4.57. The number of carboxylic acids is 1. The van der Waals surface area contributed by atoms with E-state index in [2.05, 4.69) is 0 Å². The summed E-state index contributed by atoms with van der Waals surface area (Å²) in [6, 6.07) is 11.7. The van der Waals surface area contributed by atoms with Crippen molar-refractivity contribution >= 4 is 11.9 Å². The number of carboxylic acid groups (broad SMARTS) is 1. The number of carbonyl (C=O) groups is 2. The van der Waals surface area contributed by atoms with Crippen LogP contribution in [0.2, 0.25) is 0 Å². The zero-order valence-corrected chi connectivity index (χ0v) is 16.9. The number of hydrogen-bond donors (Lipinski definition) is 2. The van der Waals surface area contributed by atoms with E-state index in [1.165, 1.54) is 12.1 Å². The van der Waals surface area contributed by atoms with Crippen LogP contribution in [0.25, 0.3) is 0 Å². The standard InChI is InChI=1S/C22H20N2O7/c1-3-28-22(27)18-12(2)30-20(24)15(10-23)19(18)14-6-4-5-7-16(14)29-11-13-8-9-17(31-13)21(25)26/h4-9,19H,3,11,24H2,1-2H3,(H,25,26). The highest BCUT2D eigenvalue weighted by molar-refractivity contribution is 5.92. The maximum atomic E-state index is 12.7. The first kappa shape index (κ1) is 21.5. The Hall–Kier alpha value is -4.19. The van der Waals surface area contributed by atoms with Gasteiger partial charge >= 0.3 is 11.9 Å². The Balaban J connectivity index is 2.00. The lowest BCUT2D eigenvalue weighted by atomic mass is 9.82. The number of rotatable bonds is 7. The van der Waals surface area contributed by atoms with Crippen molar-refractivity contribution in [1.82, 2.24) is 0 Å². The normalized spacial score (nSPS) is 15.8. The van der Waals surface area contributed by atoms with Gasteiger partial charge in [-0.3, -0.25) is 0 Å². The lowest BCUT2D eigenvalue weighted by Crippen LogP contribution is -2.25. The van der Waals surface area contributed by atoms with E-state index in [0.717, 1.165) is 0 Å². The first-order valence-electron chi connectivity index (χ1n) is 9.36. The number of furan rings is 1. The number of ether oxygens (including phenoxy) is 3. The molecule has 0 amide bonds. The van der Waals surface area contributed by atoms with Crippen molar-refractivity contribution in [3.05, 3.63) is 76.3 Å². The summed E-state index contributed by atoms with van der Waals surface area (Å²) in [5, 5.41) is 18.7. The average Bonchev–Trinajstić information content (AvgIpc) is 3.21. The lowest BCUT2D eigenvalue weighted by Gasteiger charge is -2.27. The molecule has 3 N–H and O–H groups in total. The van der Waals surface area contributed by atoms with E-state index in [4.69, 9.17) is 29.5 Å². The van der Waals surface area contributed by atoms with Crippen molar-refractivity contribution in [2.75, 3.05) is 6.61 Å². The van der Waals surface area contributed by atoms with Crippen molar-refractivity contribution in [1.29, 1.82) is 5.26 Å². The van der Waals surface area contributed by atoms with Gasteiger partial charge in [0, 0.05) is 5.56 Å². The average molecular weight is 424 g/mol. The molecule has 0 bridgehead atoms. The fourth-order valence-electron chi connectivity index (χ4n) is 3.24. The number of aromatic carboxylic acids is 1. The number of nitrogens with zero attached hydrogens (tertiary/aromatic N) is 1. The van der Waals surface area contributed by atoms with Gasteiger partial charge in [0.1, 0.15) is 35.5 Å². The topological polar surface area (TPSA) is 145 Å². The number of esters is 1. The number of allylic oxidation sites excluding steroid dienone is 2. The maximum Gasteiger partial charge on any atom is 0.371 e. The highest BCUT2D eigenvalue weighted by atomic mass is 16.5. The summed E-state index contributed by atoms with van der Waals surface area (Å²) in [4.78, 5) is 23.7. The highest BCUT2D eigenvalue weighted by Crippen LogP contribution is 2.43. The molecule has 0 saturated heterocycles. The molecule has 1 unspecified atom stereocenters. The molecule has 2 heterocycles. The maximum absolute atomic E-state index is 12.7. The summed E-state index contributed by atoms with van der Waals surface area (Å²) in [5.41, 5.74) is 6.62. The van der Waals surface area contributed by atoms with Gasteiger partial charge in [-0.15, -0.1) is 0 Å². The first-order chi connectivity index (χ1) is 14.9. The Morgan fingerprint density at radius 1 is 1.26 bits per heavy atom. The summed E-state index contributed by atoms with van der Waals surface area (Å²) in [6.07, 6.45) is 0. The van der Waals surface area contributed by atoms with Crippen LogP contribution in [0.15, 0.2) is 63.6 Å². The van der Waals surface area contributed by atoms with E-state index in [0.29, 0.717) is 17.1 Å². The molecular formula is C22H20N2O7.